The molecular formula is C10H18N2O2S. The summed E-state index contributed by atoms with van der Waals surface area (Å²) in [6, 6.07) is 0. The summed E-state index contributed by atoms with van der Waals surface area (Å²) in [4.78, 5) is 14.1. The molecule has 0 radical (unpaired) electrons. The fourth-order valence-electron chi connectivity index (χ4n) is 1.66. The van der Waals surface area contributed by atoms with Gasteiger partial charge in [0.1, 0.15) is 0 Å². The Balaban J connectivity index is 2.61. The van der Waals surface area contributed by atoms with Crippen molar-refractivity contribution in [2.24, 2.45) is 11.1 Å². The summed E-state index contributed by atoms with van der Waals surface area (Å²) in [5.74, 6) is 0.0333. The maximum Gasteiger partial charge on any atom is 0.235 e. The zero-order valence-corrected chi connectivity index (χ0v) is 9.85. The zero-order valence-electron chi connectivity index (χ0n) is 9.03. The molecule has 0 atom stereocenters. The summed E-state index contributed by atoms with van der Waals surface area (Å²) in [6.07, 6.45) is 2.15. The fraction of sp³-hybridized carbons (Fsp3) is 0.800. The van der Waals surface area contributed by atoms with Gasteiger partial charge in [-0.2, -0.15) is 0 Å². The van der Waals surface area contributed by atoms with E-state index in [9.17, 15) is 4.79 Å². The molecular weight excluding hydrogens is 212 g/mol. The van der Waals surface area contributed by atoms with Crippen LogP contribution < -0.4 is 5.73 Å². The number of amides is 1. The predicted molar refractivity (Wildman–Crippen MR) is 62.4 cm³/mol. The molecule has 0 spiro atoms. The van der Waals surface area contributed by atoms with E-state index in [1.165, 1.54) is 0 Å². The molecule has 1 fully saturated rings. The van der Waals surface area contributed by atoms with E-state index in [-0.39, 0.29) is 12.5 Å². The number of rotatable bonds is 6. The third kappa shape index (κ3) is 2.46. The van der Waals surface area contributed by atoms with Gasteiger partial charge in [0.15, 0.2) is 0 Å². The minimum atomic E-state index is -0.555. The summed E-state index contributed by atoms with van der Waals surface area (Å²) in [6.45, 7) is 3.24. The zero-order chi connectivity index (χ0) is 11.5. The van der Waals surface area contributed by atoms with E-state index < -0.39 is 5.41 Å². The molecule has 0 aromatic heterocycles. The molecule has 1 aliphatic carbocycles. The lowest BCUT2D eigenvalue weighted by atomic mass is 10.1. The number of nitrogens with zero attached hydrogens (tertiary/aromatic N) is 1. The molecule has 4 nitrogen and oxygen atoms in total. The molecule has 15 heavy (non-hydrogen) atoms. The molecule has 5 heteroatoms. The van der Waals surface area contributed by atoms with Crippen LogP contribution in [0.1, 0.15) is 26.2 Å². The number of hydrogen-bond acceptors (Lipinski definition) is 3. The smallest absolute Gasteiger partial charge is 0.235 e. The van der Waals surface area contributed by atoms with Crippen molar-refractivity contribution < 1.29 is 9.90 Å². The molecule has 86 valence electrons. The molecule has 0 aromatic carbocycles. The van der Waals surface area contributed by atoms with E-state index in [1.54, 1.807) is 4.90 Å². The second-order valence-electron chi connectivity index (χ2n) is 3.91. The molecule has 1 rings (SSSR count). The average molecular weight is 230 g/mol. The van der Waals surface area contributed by atoms with Crippen molar-refractivity contribution in [1.82, 2.24) is 4.90 Å². The van der Waals surface area contributed by atoms with Gasteiger partial charge in [-0.05, 0) is 26.2 Å². The molecule has 1 amide bonds. The lowest BCUT2D eigenvalue weighted by molar-refractivity contribution is -0.134. The van der Waals surface area contributed by atoms with Gasteiger partial charge in [-0.25, -0.2) is 0 Å². The summed E-state index contributed by atoms with van der Waals surface area (Å²) in [5.41, 5.74) is 5.03. The number of aliphatic hydroxyl groups is 1. The van der Waals surface area contributed by atoms with Crippen LogP contribution in [-0.2, 0) is 4.79 Å². The number of nitrogens with two attached hydrogens (primary N) is 1. The van der Waals surface area contributed by atoms with Crippen LogP contribution in [0.4, 0.5) is 0 Å². The second kappa shape index (κ2) is 4.90. The van der Waals surface area contributed by atoms with Crippen LogP contribution >= 0.6 is 12.2 Å². The van der Waals surface area contributed by atoms with Crippen molar-refractivity contribution in [2.45, 2.75) is 26.2 Å². The van der Waals surface area contributed by atoms with Gasteiger partial charge >= 0.3 is 0 Å². The quantitative estimate of drug-likeness (QED) is 0.643. The van der Waals surface area contributed by atoms with E-state index in [2.05, 4.69) is 0 Å². The predicted octanol–water partition coefficient (Wildman–Crippen LogP) is 0.284. The summed E-state index contributed by atoms with van der Waals surface area (Å²) in [7, 11) is 0. The molecule has 0 bridgehead atoms. The Morgan fingerprint density at radius 2 is 2.20 bits per heavy atom. The first-order valence-corrected chi connectivity index (χ1v) is 5.69. The maximum atomic E-state index is 12.1. The Morgan fingerprint density at radius 3 is 2.53 bits per heavy atom. The van der Waals surface area contributed by atoms with Crippen molar-refractivity contribution in [3.8, 4) is 0 Å². The van der Waals surface area contributed by atoms with Crippen molar-refractivity contribution in [3.05, 3.63) is 0 Å². The highest BCUT2D eigenvalue weighted by molar-refractivity contribution is 7.80. The van der Waals surface area contributed by atoms with Crippen molar-refractivity contribution in [3.63, 3.8) is 0 Å². The number of carbonyl (C=O) groups is 1. The van der Waals surface area contributed by atoms with Crippen LogP contribution in [0.15, 0.2) is 0 Å². The first-order chi connectivity index (χ1) is 7.08. The van der Waals surface area contributed by atoms with Crippen molar-refractivity contribution in [2.75, 3.05) is 19.7 Å². The van der Waals surface area contributed by atoms with Gasteiger partial charge in [-0.15, -0.1) is 0 Å². The number of thiocarbonyl (C=S) groups is 1. The Labute approximate surface area is 95.4 Å². The third-order valence-corrected chi connectivity index (χ3v) is 3.28. The highest BCUT2D eigenvalue weighted by Gasteiger charge is 2.54. The van der Waals surface area contributed by atoms with Gasteiger partial charge in [0, 0.05) is 19.7 Å². The Hall–Kier alpha value is -0.680. The summed E-state index contributed by atoms with van der Waals surface area (Å²) >= 11 is 4.93. The number of aliphatic hydroxyl groups excluding tert-OH is 1. The van der Waals surface area contributed by atoms with Gasteiger partial charge in [0.2, 0.25) is 5.91 Å². The number of hydrogen-bond donors (Lipinski definition) is 2. The highest BCUT2D eigenvalue weighted by atomic mass is 32.1. The van der Waals surface area contributed by atoms with Crippen LogP contribution in [0.25, 0.3) is 0 Å². The maximum absolute atomic E-state index is 12.1. The second-order valence-corrected chi connectivity index (χ2v) is 4.35. The van der Waals surface area contributed by atoms with Gasteiger partial charge in [0.05, 0.1) is 10.4 Å². The summed E-state index contributed by atoms with van der Waals surface area (Å²) < 4.78 is 0. The lowest BCUT2D eigenvalue weighted by Crippen LogP contribution is -2.43. The molecule has 0 aliphatic heterocycles. The SMILES string of the molecule is CCN(CCCO)C(=O)C1(C(N)=S)CC1. The molecule has 0 unspecified atom stereocenters. The monoisotopic (exact) mass is 230 g/mol. The van der Waals surface area contributed by atoms with Gasteiger partial charge < -0.3 is 15.7 Å². The normalized spacial score (nSPS) is 17.2. The van der Waals surface area contributed by atoms with Gasteiger partial charge in [0.25, 0.3) is 0 Å². The van der Waals surface area contributed by atoms with Gasteiger partial charge in [-0.1, -0.05) is 12.2 Å². The van der Waals surface area contributed by atoms with E-state index in [1.807, 2.05) is 6.92 Å². The lowest BCUT2D eigenvalue weighted by Gasteiger charge is -2.25. The molecule has 0 heterocycles. The minimum Gasteiger partial charge on any atom is -0.396 e. The molecule has 0 aromatic rings. The first-order valence-electron chi connectivity index (χ1n) is 5.28. The van der Waals surface area contributed by atoms with Crippen LogP contribution in [0.3, 0.4) is 0 Å². The van der Waals surface area contributed by atoms with E-state index in [0.29, 0.717) is 24.5 Å². The molecule has 3 N–H and O–H groups in total. The van der Waals surface area contributed by atoms with E-state index >= 15 is 0 Å². The minimum absolute atomic E-state index is 0.0333. The molecule has 1 aliphatic rings. The Kier molecular flexibility index (Phi) is 4.04. The third-order valence-electron chi connectivity index (χ3n) is 2.89. The van der Waals surface area contributed by atoms with E-state index in [4.69, 9.17) is 23.1 Å². The molecule has 0 saturated heterocycles. The van der Waals surface area contributed by atoms with Crippen molar-refractivity contribution >= 4 is 23.1 Å². The first kappa shape index (κ1) is 12.4. The summed E-state index contributed by atoms with van der Waals surface area (Å²) in [5, 5.41) is 8.73. The van der Waals surface area contributed by atoms with E-state index in [0.717, 1.165) is 12.8 Å². The van der Waals surface area contributed by atoms with Crippen molar-refractivity contribution in [1.29, 1.82) is 0 Å². The van der Waals surface area contributed by atoms with Crippen LogP contribution in [0.5, 0.6) is 0 Å². The molecule has 1 saturated carbocycles. The largest absolute Gasteiger partial charge is 0.396 e. The number of carbonyl (C=O) groups excluding carboxylic acids is 1. The average Bonchev–Trinajstić information content (AvgIpc) is 2.99. The van der Waals surface area contributed by atoms with Crippen LogP contribution in [0, 0.1) is 5.41 Å². The van der Waals surface area contributed by atoms with Crippen LogP contribution in [0.2, 0.25) is 0 Å². The fourth-order valence-corrected chi connectivity index (χ4v) is 1.95. The Bertz CT molecular complexity index is 264. The van der Waals surface area contributed by atoms with Gasteiger partial charge in [-0.3, -0.25) is 4.79 Å². The topological polar surface area (TPSA) is 66.6 Å². The Morgan fingerprint density at radius 1 is 1.60 bits per heavy atom. The highest BCUT2D eigenvalue weighted by Crippen LogP contribution is 2.47. The standard InChI is InChI=1S/C10H18N2O2S/c1-2-12(6-3-7-13)9(14)10(4-5-10)8(11)15/h13H,2-7H2,1H3,(H2,11,15). The van der Waals surface area contributed by atoms with Crippen LogP contribution in [-0.4, -0.2) is 40.6 Å².